The van der Waals surface area contributed by atoms with Crippen LogP contribution in [0, 0.1) is 17.0 Å². The molecule has 2 heterocycles. The summed E-state index contributed by atoms with van der Waals surface area (Å²) in [7, 11) is 1.90. The summed E-state index contributed by atoms with van der Waals surface area (Å²) >= 11 is 0. The Kier molecular flexibility index (Phi) is 3.93. The molecular formula is C14H16N4O2. The van der Waals surface area contributed by atoms with E-state index in [0.717, 1.165) is 5.69 Å². The molecule has 6 heteroatoms. The number of aryl methyl sites for hydroxylation is 1. The summed E-state index contributed by atoms with van der Waals surface area (Å²) in [5, 5.41) is 10.8. The van der Waals surface area contributed by atoms with Crippen molar-refractivity contribution in [2.45, 2.75) is 19.9 Å². The van der Waals surface area contributed by atoms with Crippen LogP contribution < -0.4 is 4.90 Å². The standard InChI is InChI=1S/C14H16N4O2/c1-10-8-14(16-9-13(10)18(19)20)17(3)11(2)12-6-4-5-7-15-12/h4-9,11H,1-3H3. The number of pyridine rings is 2. The number of aromatic nitrogens is 2. The fraction of sp³-hybridized carbons (Fsp3) is 0.286. The van der Waals surface area contributed by atoms with E-state index < -0.39 is 4.92 Å². The highest BCUT2D eigenvalue weighted by Gasteiger charge is 2.17. The van der Waals surface area contributed by atoms with E-state index in [-0.39, 0.29) is 11.7 Å². The number of rotatable bonds is 4. The van der Waals surface area contributed by atoms with Crippen molar-refractivity contribution in [3.8, 4) is 0 Å². The number of anilines is 1. The summed E-state index contributed by atoms with van der Waals surface area (Å²) in [4.78, 5) is 20.8. The Bertz CT molecular complexity index is 616. The van der Waals surface area contributed by atoms with Crippen LogP contribution in [0.25, 0.3) is 0 Å². The smallest absolute Gasteiger partial charge is 0.290 e. The Balaban J connectivity index is 2.27. The highest BCUT2D eigenvalue weighted by molar-refractivity contribution is 5.49. The van der Waals surface area contributed by atoms with Crippen LogP contribution in [0.5, 0.6) is 0 Å². The molecule has 0 radical (unpaired) electrons. The summed E-state index contributed by atoms with van der Waals surface area (Å²) in [6, 6.07) is 7.49. The Hall–Kier alpha value is -2.50. The first-order valence-corrected chi connectivity index (χ1v) is 6.25. The minimum Gasteiger partial charge on any atom is -0.351 e. The molecule has 0 aliphatic carbocycles. The van der Waals surface area contributed by atoms with Crippen molar-refractivity contribution in [1.82, 2.24) is 9.97 Å². The third-order valence-corrected chi connectivity index (χ3v) is 3.32. The summed E-state index contributed by atoms with van der Waals surface area (Å²) in [6.07, 6.45) is 3.04. The molecule has 0 saturated carbocycles. The van der Waals surface area contributed by atoms with E-state index in [2.05, 4.69) is 9.97 Å². The van der Waals surface area contributed by atoms with E-state index in [1.807, 2.05) is 37.1 Å². The van der Waals surface area contributed by atoms with Gasteiger partial charge in [0.2, 0.25) is 0 Å². The zero-order valence-electron chi connectivity index (χ0n) is 11.6. The molecule has 0 spiro atoms. The van der Waals surface area contributed by atoms with Crippen molar-refractivity contribution in [3.05, 3.63) is 58.0 Å². The van der Waals surface area contributed by atoms with Gasteiger partial charge < -0.3 is 4.90 Å². The Labute approximate surface area is 117 Å². The van der Waals surface area contributed by atoms with Crippen LogP contribution >= 0.6 is 0 Å². The van der Waals surface area contributed by atoms with Gasteiger partial charge >= 0.3 is 0 Å². The number of hydrogen-bond acceptors (Lipinski definition) is 5. The van der Waals surface area contributed by atoms with Crippen molar-refractivity contribution in [2.75, 3.05) is 11.9 Å². The van der Waals surface area contributed by atoms with Gasteiger partial charge in [-0.2, -0.15) is 0 Å². The molecule has 0 aliphatic heterocycles. The molecule has 6 nitrogen and oxygen atoms in total. The maximum Gasteiger partial charge on any atom is 0.290 e. The summed E-state index contributed by atoms with van der Waals surface area (Å²) < 4.78 is 0. The minimum atomic E-state index is -0.422. The molecule has 0 bridgehead atoms. The molecule has 0 saturated heterocycles. The first-order chi connectivity index (χ1) is 9.50. The van der Waals surface area contributed by atoms with Gasteiger partial charge in [0.05, 0.1) is 16.7 Å². The predicted octanol–water partition coefficient (Wildman–Crippen LogP) is 2.89. The van der Waals surface area contributed by atoms with Crippen LogP contribution in [0.15, 0.2) is 36.7 Å². The zero-order valence-corrected chi connectivity index (χ0v) is 11.6. The van der Waals surface area contributed by atoms with Gasteiger partial charge in [0.1, 0.15) is 12.0 Å². The Morgan fingerprint density at radius 2 is 2.10 bits per heavy atom. The molecule has 2 aromatic rings. The molecule has 104 valence electrons. The maximum atomic E-state index is 10.8. The lowest BCUT2D eigenvalue weighted by Crippen LogP contribution is -2.23. The van der Waals surface area contributed by atoms with Crippen molar-refractivity contribution in [1.29, 1.82) is 0 Å². The third-order valence-electron chi connectivity index (χ3n) is 3.32. The average Bonchev–Trinajstić information content (AvgIpc) is 2.46. The van der Waals surface area contributed by atoms with Gasteiger partial charge in [0.25, 0.3) is 5.69 Å². The first kappa shape index (κ1) is 13.9. The van der Waals surface area contributed by atoms with Crippen LogP contribution in [0.1, 0.15) is 24.2 Å². The lowest BCUT2D eigenvalue weighted by Gasteiger charge is -2.25. The molecule has 0 fully saturated rings. The van der Waals surface area contributed by atoms with E-state index in [9.17, 15) is 10.1 Å². The number of nitrogens with zero attached hydrogens (tertiary/aromatic N) is 4. The van der Waals surface area contributed by atoms with Gasteiger partial charge in [0.15, 0.2) is 0 Å². The van der Waals surface area contributed by atoms with Crippen LogP contribution in [0.2, 0.25) is 0 Å². The maximum absolute atomic E-state index is 10.8. The third kappa shape index (κ3) is 2.74. The second-order valence-electron chi connectivity index (χ2n) is 4.63. The monoisotopic (exact) mass is 272 g/mol. The van der Waals surface area contributed by atoms with Gasteiger partial charge in [-0.25, -0.2) is 4.98 Å². The van der Waals surface area contributed by atoms with E-state index in [1.54, 1.807) is 19.2 Å². The number of nitro groups is 1. The van der Waals surface area contributed by atoms with E-state index >= 15 is 0 Å². The minimum absolute atomic E-state index is 0.0320. The largest absolute Gasteiger partial charge is 0.351 e. The van der Waals surface area contributed by atoms with Crippen molar-refractivity contribution in [2.24, 2.45) is 0 Å². The summed E-state index contributed by atoms with van der Waals surface area (Å²) in [6.45, 7) is 3.73. The van der Waals surface area contributed by atoms with Gasteiger partial charge in [-0.05, 0) is 32.0 Å². The molecule has 2 aromatic heterocycles. The second kappa shape index (κ2) is 5.64. The molecule has 1 unspecified atom stereocenters. The van der Waals surface area contributed by atoms with Crippen LogP contribution in [-0.4, -0.2) is 21.9 Å². The topological polar surface area (TPSA) is 72.2 Å². The molecule has 20 heavy (non-hydrogen) atoms. The van der Waals surface area contributed by atoms with Crippen LogP contribution in [0.4, 0.5) is 11.5 Å². The van der Waals surface area contributed by atoms with E-state index in [4.69, 9.17) is 0 Å². The number of hydrogen-bond donors (Lipinski definition) is 0. The van der Waals surface area contributed by atoms with Gasteiger partial charge in [0, 0.05) is 18.8 Å². The van der Waals surface area contributed by atoms with Gasteiger partial charge in [-0.15, -0.1) is 0 Å². The second-order valence-corrected chi connectivity index (χ2v) is 4.63. The first-order valence-electron chi connectivity index (χ1n) is 6.25. The lowest BCUT2D eigenvalue weighted by atomic mass is 10.2. The molecule has 0 N–H and O–H groups in total. The van der Waals surface area contributed by atoms with Gasteiger partial charge in [-0.1, -0.05) is 6.07 Å². The van der Waals surface area contributed by atoms with Crippen molar-refractivity contribution in [3.63, 3.8) is 0 Å². The molecule has 0 aromatic carbocycles. The molecule has 0 aliphatic rings. The molecule has 0 amide bonds. The predicted molar refractivity (Wildman–Crippen MR) is 76.7 cm³/mol. The lowest BCUT2D eigenvalue weighted by molar-refractivity contribution is -0.385. The fourth-order valence-corrected chi connectivity index (χ4v) is 1.94. The average molecular weight is 272 g/mol. The fourth-order valence-electron chi connectivity index (χ4n) is 1.94. The normalized spacial score (nSPS) is 11.9. The van der Waals surface area contributed by atoms with E-state index in [1.165, 1.54) is 6.20 Å². The summed E-state index contributed by atoms with van der Waals surface area (Å²) in [5.41, 5.74) is 1.56. The quantitative estimate of drug-likeness (QED) is 0.632. The Morgan fingerprint density at radius 3 is 2.65 bits per heavy atom. The van der Waals surface area contributed by atoms with Crippen LogP contribution in [0.3, 0.4) is 0 Å². The molecule has 1 atom stereocenters. The van der Waals surface area contributed by atoms with Gasteiger partial charge in [-0.3, -0.25) is 15.1 Å². The highest BCUT2D eigenvalue weighted by atomic mass is 16.6. The highest BCUT2D eigenvalue weighted by Crippen LogP contribution is 2.26. The van der Waals surface area contributed by atoms with Crippen molar-refractivity contribution < 1.29 is 4.92 Å². The SMILES string of the molecule is Cc1cc(N(C)C(C)c2ccccn2)ncc1[N+](=O)[O-]. The molecular weight excluding hydrogens is 256 g/mol. The van der Waals surface area contributed by atoms with Crippen LogP contribution in [-0.2, 0) is 0 Å². The van der Waals surface area contributed by atoms with E-state index in [0.29, 0.717) is 11.4 Å². The zero-order chi connectivity index (χ0) is 14.7. The molecule has 2 rings (SSSR count). The summed E-state index contributed by atoms with van der Waals surface area (Å²) in [5.74, 6) is 0.686. The Morgan fingerprint density at radius 1 is 1.35 bits per heavy atom. The van der Waals surface area contributed by atoms with Crippen molar-refractivity contribution >= 4 is 11.5 Å².